The molecule has 3 N–H and O–H groups in total. The van der Waals surface area contributed by atoms with Gasteiger partial charge in [-0.1, -0.05) is 0 Å². The Balaban J connectivity index is 2.69. The molecule has 1 rings (SSSR count). The molecule has 0 fully saturated rings. The number of nitrogens with two attached hydrogens (primary N) is 1. The molecule has 0 spiro atoms. The Kier molecular flexibility index (Phi) is 3.33. The van der Waals surface area contributed by atoms with Crippen LogP contribution in [-0.4, -0.2) is 23.0 Å². The van der Waals surface area contributed by atoms with Crippen molar-refractivity contribution in [1.82, 2.24) is 5.43 Å². The molecule has 1 aromatic heterocycles. The number of Topliss-reactive ketones (excluding diaryl/α,β-unsaturated/α-hetero) is 1. The van der Waals surface area contributed by atoms with Gasteiger partial charge in [0.1, 0.15) is 4.92 Å². The van der Waals surface area contributed by atoms with Crippen LogP contribution in [0.5, 0.6) is 0 Å². The van der Waals surface area contributed by atoms with Crippen LogP contribution < -0.4 is 11.2 Å². The van der Waals surface area contributed by atoms with Crippen molar-refractivity contribution < 1.29 is 18.9 Å². The summed E-state index contributed by atoms with van der Waals surface area (Å²) >= 11 is 0. The molecule has 0 atom stereocenters. The number of carbonyl (C=O) groups is 2. The van der Waals surface area contributed by atoms with Crippen LogP contribution in [0.2, 0.25) is 0 Å². The van der Waals surface area contributed by atoms with E-state index in [1.807, 2.05) is 0 Å². The molecule has 1 heterocycles. The predicted octanol–water partition coefficient (Wildman–Crippen LogP) is 0.0246. The molecular weight excluding hydrogens is 220 g/mol. The summed E-state index contributed by atoms with van der Waals surface area (Å²) in [5.41, 5.74) is 6.46. The van der Waals surface area contributed by atoms with Crippen molar-refractivity contribution in [1.29, 1.82) is 0 Å². The minimum Gasteiger partial charge on any atom is -0.397 e. The lowest BCUT2D eigenvalue weighted by Crippen LogP contribution is -2.24. The first-order valence-corrected chi connectivity index (χ1v) is 3.88. The van der Waals surface area contributed by atoms with E-state index in [0.29, 0.717) is 6.21 Å². The van der Waals surface area contributed by atoms with Crippen LogP contribution in [0.4, 0.5) is 10.7 Å². The van der Waals surface area contributed by atoms with Gasteiger partial charge in [0.15, 0.2) is 5.76 Å². The molecule has 0 aliphatic heterocycles. The third-order valence-corrected chi connectivity index (χ3v) is 1.37. The Hall–Kier alpha value is -2.71. The van der Waals surface area contributed by atoms with Gasteiger partial charge in [0.25, 0.3) is 0 Å². The van der Waals surface area contributed by atoms with Gasteiger partial charge in [0.2, 0.25) is 5.78 Å². The van der Waals surface area contributed by atoms with Gasteiger partial charge in [-0.05, 0) is 6.07 Å². The molecular formula is C7H6N4O5. The molecule has 0 aliphatic rings. The molecule has 0 aromatic carbocycles. The van der Waals surface area contributed by atoms with Crippen LogP contribution in [0.25, 0.3) is 0 Å². The van der Waals surface area contributed by atoms with Gasteiger partial charge in [0.05, 0.1) is 12.3 Å². The van der Waals surface area contributed by atoms with Gasteiger partial charge >= 0.3 is 11.9 Å². The van der Waals surface area contributed by atoms with Gasteiger partial charge in [0, 0.05) is 0 Å². The van der Waals surface area contributed by atoms with E-state index in [9.17, 15) is 19.7 Å². The second-order valence-electron chi connectivity index (χ2n) is 2.49. The molecule has 84 valence electrons. The van der Waals surface area contributed by atoms with Crippen LogP contribution in [0, 0.1) is 10.1 Å². The van der Waals surface area contributed by atoms with E-state index in [1.165, 1.54) is 0 Å². The number of ketones is 1. The van der Waals surface area contributed by atoms with Crippen LogP contribution >= 0.6 is 0 Å². The maximum Gasteiger partial charge on any atom is 0.433 e. The molecule has 0 radical (unpaired) electrons. The standard InChI is InChI=1S/C7H6N4O5/c8-7(13)10-9-3-4(12)5-1-2-6(16-5)11(14)15/h1-3H,(H3,8,10,13)/b9-3+. The first-order valence-electron chi connectivity index (χ1n) is 3.88. The van der Waals surface area contributed by atoms with Gasteiger partial charge in [-0.2, -0.15) is 5.10 Å². The van der Waals surface area contributed by atoms with E-state index < -0.39 is 22.6 Å². The number of nitrogens with one attached hydrogen (secondary N) is 1. The van der Waals surface area contributed by atoms with Gasteiger partial charge < -0.3 is 10.2 Å². The number of nitro groups is 1. The molecule has 0 bridgehead atoms. The number of primary amides is 1. The maximum atomic E-state index is 11.2. The molecule has 0 saturated heterocycles. The molecule has 1 aromatic rings. The number of urea groups is 1. The van der Waals surface area contributed by atoms with Crippen LogP contribution in [0.1, 0.15) is 10.6 Å². The van der Waals surface area contributed by atoms with Crippen molar-refractivity contribution in [3.05, 3.63) is 28.0 Å². The van der Waals surface area contributed by atoms with E-state index in [-0.39, 0.29) is 5.76 Å². The molecule has 9 nitrogen and oxygen atoms in total. The zero-order valence-corrected chi connectivity index (χ0v) is 7.75. The van der Waals surface area contributed by atoms with E-state index in [1.54, 1.807) is 5.43 Å². The summed E-state index contributed by atoms with van der Waals surface area (Å²) < 4.78 is 4.58. The second-order valence-corrected chi connectivity index (χ2v) is 2.49. The molecule has 2 amide bonds. The first-order chi connectivity index (χ1) is 7.50. The minimum absolute atomic E-state index is 0.262. The Morgan fingerprint density at radius 2 is 2.25 bits per heavy atom. The van der Waals surface area contributed by atoms with Crippen molar-refractivity contribution in [2.45, 2.75) is 0 Å². The fourth-order valence-corrected chi connectivity index (χ4v) is 0.776. The lowest BCUT2D eigenvalue weighted by molar-refractivity contribution is -0.402. The van der Waals surface area contributed by atoms with Crippen LogP contribution in [-0.2, 0) is 0 Å². The Morgan fingerprint density at radius 3 is 2.75 bits per heavy atom. The normalized spacial score (nSPS) is 10.2. The van der Waals surface area contributed by atoms with E-state index >= 15 is 0 Å². The highest BCUT2D eigenvalue weighted by Crippen LogP contribution is 2.15. The fraction of sp³-hybridized carbons (Fsp3) is 0. The largest absolute Gasteiger partial charge is 0.433 e. The summed E-state index contributed by atoms with van der Waals surface area (Å²) in [6, 6.07) is 1.22. The van der Waals surface area contributed by atoms with E-state index in [2.05, 4.69) is 15.3 Å². The molecule has 9 heteroatoms. The van der Waals surface area contributed by atoms with Gasteiger partial charge in [-0.25, -0.2) is 10.2 Å². The van der Waals surface area contributed by atoms with Crippen molar-refractivity contribution in [3.8, 4) is 0 Å². The number of rotatable bonds is 4. The Labute approximate surface area is 88.1 Å². The van der Waals surface area contributed by atoms with Crippen molar-refractivity contribution in [3.63, 3.8) is 0 Å². The Morgan fingerprint density at radius 1 is 1.56 bits per heavy atom. The average Bonchev–Trinajstić information content (AvgIpc) is 2.65. The smallest absolute Gasteiger partial charge is 0.397 e. The lowest BCUT2D eigenvalue weighted by atomic mass is 10.3. The molecule has 0 unspecified atom stereocenters. The average molecular weight is 226 g/mol. The summed E-state index contributed by atoms with van der Waals surface area (Å²) in [7, 11) is 0. The molecule has 0 saturated carbocycles. The van der Waals surface area contributed by atoms with Gasteiger partial charge in [-0.15, -0.1) is 0 Å². The van der Waals surface area contributed by atoms with E-state index in [4.69, 9.17) is 0 Å². The monoisotopic (exact) mass is 226 g/mol. The SMILES string of the molecule is NC(=O)N/N=C/C(=O)c1ccc([N+](=O)[O-])o1. The molecule has 16 heavy (non-hydrogen) atoms. The quantitative estimate of drug-likeness (QED) is 0.322. The highest BCUT2D eigenvalue weighted by Gasteiger charge is 2.15. The highest BCUT2D eigenvalue weighted by atomic mass is 16.6. The highest BCUT2D eigenvalue weighted by molar-refractivity contribution is 6.34. The van der Waals surface area contributed by atoms with Crippen LogP contribution in [0.15, 0.2) is 21.7 Å². The topological polar surface area (TPSA) is 141 Å². The third-order valence-electron chi connectivity index (χ3n) is 1.37. The number of hydrazone groups is 1. The molecule has 0 aliphatic carbocycles. The third kappa shape index (κ3) is 2.90. The summed E-state index contributed by atoms with van der Waals surface area (Å²) in [6.07, 6.45) is 0.716. The minimum atomic E-state index is -0.936. The summed E-state index contributed by atoms with van der Waals surface area (Å²) in [4.78, 5) is 30.8. The Bertz CT molecular complexity index is 463. The zero-order chi connectivity index (χ0) is 12.1. The number of amides is 2. The van der Waals surface area contributed by atoms with Gasteiger partial charge in [-0.3, -0.25) is 14.9 Å². The number of nitrogens with zero attached hydrogens (tertiary/aromatic N) is 2. The van der Waals surface area contributed by atoms with E-state index in [0.717, 1.165) is 12.1 Å². The second kappa shape index (κ2) is 4.68. The number of hydrogen-bond donors (Lipinski definition) is 2. The number of carbonyl (C=O) groups excluding carboxylic acids is 2. The van der Waals surface area contributed by atoms with Crippen molar-refractivity contribution >= 4 is 23.9 Å². The lowest BCUT2D eigenvalue weighted by Gasteiger charge is -1.89. The number of hydrogen-bond acceptors (Lipinski definition) is 6. The summed E-state index contributed by atoms with van der Waals surface area (Å²) in [5.74, 6) is -1.55. The van der Waals surface area contributed by atoms with Crippen molar-refractivity contribution in [2.75, 3.05) is 0 Å². The summed E-state index contributed by atoms with van der Waals surface area (Å²) in [6.45, 7) is 0. The first kappa shape index (κ1) is 11.4. The zero-order valence-electron chi connectivity index (χ0n) is 7.75. The maximum absolute atomic E-state index is 11.2. The van der Waals surface area contributed by atoms with Crippen molar-refractivity contribution in [2.24, 2.45) is 10.8 Å². The fourth-order valence-electron chi connectivity index (χ4n) is 0.776. The number of furan rings is 1. The summed E-state index contributed by atoms with van der Waals surface area (Å²) in [5, 5.41) is 13.4. The predicted molar refractivity (Wildman–Crippen MR) is 50.9 cm³/mol. The van der Waals surface area contributed by atoms with Crippen LogP contribution in [0.3, 0.4) is 0 Å².